The van der Waals surface area contributed by atoms with Gasteiger partial charge in [-0.1, -0.05) is 26.0 Å². The zero-order valence-electron chi connectivity index (χ0n) is 7.06. The number of benzene rings is 1. The Morgan fingerprint density at radius 3 is 2.58 bits per heavy atom. The van der Waals surface area contributed by atoms with Gasteiger partial charge in [-0.2, -0.15) is 5.26 Å². The van der Waals surface area contributed by atoms with E-state index >= 15 is 0 Å². The molecule has 1 radical (unpaired) electrons. The van der Waals surface area contributed by atoms with Crippen molar-refractivity contribution in [1.82, 2.24) is 0 Å². The molecule has 0 saturated heterocycles. The van der Waals surface area contributed by atoms with E-state index in [2.05, 4.69) is 22.0 Å². The maximum atomic E-state index is 8.74. The summed E-state index contributed by atoms with van der Waals surface area (Å²) in [4.78, 5) is 0. The van der Waals surface area contributed by atoms with Crippen molar-refractivity contribution in [1.29, 1.82) is 5.26 Å². The standard InChI is InChI=1S/C10H9BrN/c1-7(2)9-5-3-4-8(6-12)10(9)11/h3-5H,1-2H3. The van der Waals surface area contributed by atoms with Gasteiger partial charge in [0.2, 0.25) is 0 Å². The molecule has 1 aromatic carbocycles. The molecule has 0 heterocycles. The summed E-state index contributed by atoms with van der Waals surface area (Å²) in [7, 11) is 0. The summed E-state index contributed by atoms with van der Waals surface area (Å²) in [5, 5.41) is 8.74. The highest BCUT2D eigenvalue weighted by molar-refractivity contribution is 9.10. The summed E-state index contributed by atoms with van der Waals surface area (Å²) < 4.78 is 0.896. The van der Waals surface area contributed by atoms with Crippen LogP contribution in [0, 0.1) is 17.2 Å². The van der Waals surface area contributed by atoms with Crippen molar-refractivity contribution in [2.75, 3.05) is 0 Å². The second-order valence-electron chi connectivity index (χ2n) is 2.78. The maximum absolute atomic E-state index is 8.74. The first-order valence-electron chi connectivity index (χ1n) is 3.66. The molecule has 0 unspecified atom stereocenters. The molecule has 0 aromatic heterocycles. The van der Waals surface area contributed by atoms with E-state index in [0.29, 0.717) is 5.56 Å². The lowest BCUT2D eigenvalue weighted by Crippen LogP contribution is -1.91. The third-order valence-corrected chi connectivity index (χ3v) is 2.51. The van der Waals surface area contributed by atoms with Gasteiger partial charge in [-0.25, -0.2) is 0 Å². The van der Waals surface area contributed by atoms with E-state index in [9.17, 15) is 0 Å². The van der Waals surface area contributed by atoms with Crippen molar-refractivity contribution in [2.24, 2.45) is 0 Å². The molecule has 0 aliphatic rings. The second kappa shape index (κ2) is 3.73. The van der Waals surface area contributed by atoms with Gasteiger partial charge in [0.05, 0.1) is 5.56 Å². The summed E-state index contributed by atoms with van der Waals surface area (Å²) in [6.45, 7) is 4.06. The SMILES string of the molecule is C[C](C)c1cccc(C#N)c1Br. The molecule has 1 rings (SSSR count). The van der Waals surface area contributed by atoms with E-state index in [-0.39, 0.29) is 0 Å². The minimum atomic E-state index is 0.689. The van der Waals surface area contributed by atoms with Crippen LogP contribution in [0.5, 0.6) is 0 Å². The van der Waals surface area contributed by atoms with Crippen LogP contribution in [0.1, 0.15) is 25.0 Å². The molecule has 0 bridgehead atoms. The smallest absolute Gasteiger partial charge is 0.100 e. The summed E-state index contributed by atoms with van der Waals surface area (Å²) >= 11 is 3.40. The number of rotatable bonds is 1. The largest absolute Gasteiger partial charge is 0.192 e. The van der Waals surface area contributed by atoms with Crippen LogP contribution in [0.4, 0.5) is 0 Å². The molecule has 12 heavy (non-hydrogen) atoms. The fourth-order valence-corrected chi connectivity index (χ4v) is 1.75. The van der Waals surface area contributed by atoms with Gasteiger partial charge in [0.25, 0.3) is 0 Å². The minimum absolute atomic E-state index is 0.689. The molecular weight excluding hydrogens is 214 g/mol. The molecule has 0 spiro atoms. The Hall–Kier alpha value is -0.810. The summed E-state index contributed by atoms with van der Waals surface area (Å²) in [6.07, 6.45) is 0. The third kappa shape index (κ3) is 1.67. The molecule has 0 amide bonds. The van der Waals surface area contributed by atoms with Crippen LogP contribution in [0.25, 0.3) is 0 Å². The summed E-state index contributed by atoms with van der Waals surface area (Å²) in [6, 6.07) is 7.83. The van der Waals surface area contributed by atoms with Crippen molar-refractivity contribution in [3.63, 3.8) is 0 Å². The third-order valence-electron chi connectivity index (χ3n) is 1.66. The topological polar surface area (TPSA) is 23.8 Å². The number of hydrogen-bond donors (Lipinski definition) is 0. The lowest BCUT2D eigenvalue weighted by molar-refractivity contribution is 1.13. The number of nitrogens with zero attached hydrogens (tertiary/aromatic N) is 1. The molecule has 0 aliphatic heterocycles. The van der Waals surface area contributed by atoms with Crippen molar-refractivity contribution >= 4 is 15.9 Å². The lowest BCUT2D eigenvalue weighted by atomic mass is 10.0. The van der Waals surface area contributed by atoms with Crippen LogP contribution >= 0.6 is 15.9 Å². The average molecular weight is 223 g/mol. The molecule has 0 atom stereocenters. The molecular formula is C10H9BrN. The van der Waals surface area contributed by atoms with Gasteiger partial charge in [0.15, 0.2) is 0 Å². The fourth-order valence-electron chi connectivity index (χ4n) is 1.00. The average Bonchev–Trinajstić information content (AvgIpc) is 2.04. The van der Waals surface area contributed by atoms with Crippen LogP contribution < -0.4 is 0 Å². The van der Waals surface area contributed by atoms with Crippen molar-refractivity contribution in [3.05, 3.63) is 39.7 Å². The summed E-state index contributed by atoms with van der Waals surface area (Å²) in [5.41, 5.74) is 1.79. The Bertz CT molecular complexity index is 323. The number of nitriles is 1. The van der Waals surface area contributed by atoms with Gasteiger partial charge >= 0.3 is 0 Å². The zero-order chi connectivity index (χ0) is 9.14. The van der Waals surface area contributed by atoms with E-state index < -0.39 is 0 Å². The quantitative estimate of drug-likeness (QED) is 0.716. The first kappa shape index (κ1) is 9.28. The molecule has 0 N–H and O–H groups in total. The van der Waals surface area contributed by atoms with E-state index in [4.69, 9.17) is 5.26 Å². The predicted octanol–water partition coefficient (Wildman–Crippen LogP) is 3.28. The highest BCUT2D eigenvalue weighted by atomic mass is 79.9. The van der Waals surface area contributed by atoms with Gasteiger partial charge in [-0.15, -0.1) is 0 Å². The van der Waals surface area contributed by atoms with Gasteiger partial charge in [-0.3, -0.25) is 0 Å². The molecule has 61 valence electrons. The number of halogens is 1. The van der Waals surface area contributed by atoms with Gasteiger partial charge < -0.3 is 0 Å². The Morgan fingerprint density at radius 2 is 2.08 bits per heavy atom. The lowest BCUT2D eigenvalue weighted by Gasteiger charge is -2.07. The second-order valence-corrected chi connectivity index (χ2v) is 3.57. The highest BCUT2D eigenvalue weighted by Gasteiger charge is 2.07. The Kier molecular flexibility index (Phi) is 2.88. The van der Waals surface area contributed by atoms with E-state index in [1.807, 2.05) is 26.0 Å². The molecule has 2 heteroatoms. The van der Waals surface area contributed by atoms with Gasteiger partial charge in [0.1, 0.15) is 6.07 Å². The maximum Gasteiger partial charge on any atom is 0.100 e. The Balaban J connectivity index is 3.25. The molecule has 0 fully saturated rings. The molecule has 1 aromatic rings. The highest BCUT2D eigenvalue weighted by Crippen LogP contribution is 2.26. The fraction of sp³-hybridized carbons (Fsp3) is 0.200. The first-order chi connectivity index (χ1) is 5.66. The van der Waals surface area contributed by atoms with Crippen LogP contribution in [0.2, 0.25) is 0 Å². The normalized spacial score (nSPS) is 9.92. The Labute approximate surface area is 81.2 Å². The summed E-state index contributed by atoms with van der Waals surface area (Å²) in [5.74, 6) is 1.21. The Morgan fingerprint density at radius 1 is 1.42 bits per heavy atom. The molecule has 0 aliphatic carbocycles. The van der Waals surface area contributed by atoms with Crippen LogP contribution in [-0.2, 0) is 0 Å². The first-order valence-corrected chi connectivity index (χ1v) is 4.45. The minimum Gasteiger partial charge on any atom is -0.192 e. The van der Waals surface area contributed by atoms with Crippen molar-refractivity contribution in [2.45, 2.75) is 13.8 Å². The van der Waals surface area contributed by atoms with E-state index in [0.717, 1.165) is 10.0 Å². The van der Waals surface area contributed by atoms with E-state index in [1.165, 1.54) is 5.92 Å². The van der Waals surface area contributed by atoms with Crippen LogP contribution in [0.15, 0.2) is 22.7 Å². The van der Waals surface area contributed by atoms with Crippen LogP contribution in [0.3, 0.4) is 0 Å². The monoisotopic (exact) mass is 222 g/mol. The zero-order valence-corrected chi connectivity index (χ0v) is 8.64. The van der Waals surface area contributed by atoms with Crippen molar-refractivity contribution in [3.8, 4) is 6.07 Å². The van der Waals surface area contributed by atoms with Crippen molar-refractivity contribution < 1.29 is 0 Å². The molecule has 1 nitrogen and oxygen atoms in total. The van der Waals surface area contributed by atoms with Gasteiger partial charge in [-0.05, 0) is 33.5 Å². The molecule has 0 saturated carbocycles. The van der Waals surface area contributed by atoms with E-state index in [1.54, 1.807) is 6.07 Å². The van der Waals surface area contributed by atoms with Gasteiger partial charge in [0, 0.05) is 4.47 Å². The predicted molar refractivity (Wildman–Crippen MR) is 52.6 cm³/mol. The number of hydrogen-bond acceptors (Lipinski definition) is 1. The van der Waals surface area contributed by atoms with Crippen LogP contribution in [-0.4, -0.2) is 0 Å².